The lowest BCUT2D eigenvalue weighted by Gasteiger charge is -2.09. The Morgan fingerprint density at radius 1 is 0.889 bits per heavy atom. The molecule has 0 atom stereocenters. The van der Waals surface area contributed by atoms with Crippen molar-refractivity contribution in [3.05, 3.63) is 57.8 Å². The van der Waals surface area contributed by atoms with Crippen LogP contribution in [0.1, 0.15) is 20.8 Å². The molecular weight excluding hydrogens is 364 g/mol. The molecule has 0 saturated heterocycles. The molecule has 144 valence electrons. The van der Waals surface area contributed by atoms with Gasteiger partial charge in [-0.3, -0.25) is 14.4 Å². The third kappa shape index (κ3) is 7.59. The number of rotatable bonds is 9. The summed E-state index contributed by atoms with van der Waals surface area (Å²) in [5.41, 5.74) is 2.23. The number of quaternary nitrogens is 1. The van der Waals surface area contributed by atoms with E-state index in [1.54, 1.807) is 17.5 Å². The van der Waals surface area contributed by atoms with E-state index in [1.807, 2.05) is 24.3 Å². The van der Waals surface area contributed by atoms with Crippen molar-refractivity contribution in [1.82, 2.24) is 16.0 Å². The van der Waals surface area contributed by atoms with E-state index in [1.165, 1.54) is 21.8 Å². The highest BCUT2D eigenvalue weighted by Crippen LogP contribution is 2.07. The first-order valence-electron chi connectivity index (χ1n) is 8.66. The van der Waals surface area contributed by atoms with Crippen LogP contribution in [-0.4, -0.2) is 44.9 Å². The Morgan fingerprint density at radius 3 is 2.15 bits per heavy atom. The van der Waals surface area contributed by atoms with Gasteiger partial charge in [-0.15, -0.1) is 11.3 Å². The second-order valence-electron chi connectivity index (χ2n) is 6.41. The molecule has 1 aromatic carbocycles. The Bertz CT molecular complexity index is 758. The lowest BCUT2D eigenvalue weighted by molar-refractivity contribution is -0.872. The van der Waals surface area contributed by atoms with Gasteiger partial charge in [0.2, 0.25) is 11.8 Å². The molecule has 1 heterocycles. The normalized spacial score (nSPS) is 10.5. The predicted octanol–water partition coefficient (Wildman–Crippen LogP) is -0.445. The van der Waals surface area contributed by atoms with Crippen molar-refractivity contribution in [3.63, 3.8) is 0 Å². The van der Waals surface area contributed by atoms with Crippen molar-refractivity contribution in [2.45, 2.75) is 13.1 Å². The Kier molecular flexibility index (Phi) is 7.97. The van der Waals surface area contributed by atoms with Gasteiger partial charge in [0.15, 0.2) is 0 Å². The highest BCUT2D eigenvalue weighted by Gasteiger charge is 2.10. The summed E-state index contributed by atoms with van der Waals surface area (Å²) in [6.07, 6.45) is 0. The number of nitrogens with one attached hydrogen (secondary N) is 4. The maximum Gasteiger partial charge on any atom is 0.261 e. The first-order chi connectivity index (χ1) is 12.9. The average molecular weight is 390 g/mol. The summed E-state index contributed by atoms with van der Waals surface area (Å²) in [6.45, 7) is 1.05. The minimum Gasteiger partial charge on any atom is -0.350 e. The third-order valence-corrected chi connectivity index (χ3v) is 4.54. The fraction of sp³-hybridized carbons (Fsp3) is 0.316. The van der Waals surface area contributed by atoms with Crippen LogP contribution < -0.4 is 20.9 Å². The van der Waals surface area contributed by atoms with Crippen LogP contribution in [0, 0.1) is 0 Å². The van der Waals surface area contributed by atoms with Gasteiger partial charge >= 0.3 is 0 Å². The topological polar surface area (TPSA) is 91.7 Å². The lowest BCUT2D eigenvalue weighted by Crippen LogP contribution is -3.04. The molecule has 8 heteroatoms. The van der Waals surface area contributed by atoms with Gasteiger partial charge in [-0.05, 0) is 17.0 Å². The minimum absolute atomic E-state index is 0.129. The Morgan fingerprint density at radius 2 is 1.52 bits per heavy atom. The molecule has 2 rings (SSSR count). The van der Waals surface area contributed by atoms with Crippen LogP contribution in [0.2, 0.25) is 0 Å². The molecule has 0 unspecified atom stereocenters. The highest BCUT2D eigenvalue weighted by molar-refractivity contribution is 7.12. The summed E-state index contributed by atoms with van der Waals surface area (Å²) in [5, 5.41) is 9.54. The van der Waals surface area contributed by atoms with Crippen molar-refractivity contribution in [1.29, 1.82) is 0 Å². The molecule has 0 aliphatic rings. The van der Waals surface area contributed by atoms with Crippen molar-refractivity contribution in [2.24, 2.45) is 0 Å². The van der Waals surface area contributed by atoms with Crippen LogP contribution in [-0.2, 0) is 22.7 Å². The Labute approximate surface area is 162 Å². The summed E-state index contributed by atoms with van der Waals surface area (Å²) in [4.78, 5) is 37.2. The number of carbonyl (C=O) groups is 3. The number of thiophene rings is 1. The van der Waals surface area contributed by atoms with E-state index in [0.717, 1.165) is 12.1 Å². The Balaban J connectivity index is 1.64. The second-order valence-corrected chi connectivity index (χ2v) is 7.36. The van der Waals surface area contributed by atoms with Crippen molar-refractivity contribution < 1.29 is 19.3 Å². The maximum atomic E-state index is 11.8. The molecule has 4 N–H and O–H groups in total. The van der Waals surface area contributed by atoms with Crippen LogP contribution in [0.3, 0.4) is 0 Å². The number of hydrogen-bond acceptors (Lipinski definition) is 4. The summed E-state index contributed by atoms with van der Waals surface area (Å²) in [7, 11) is 4.19. The SMILES string of the molecule is C[NH+](C)Cc1ccc(CNC(=O)CNC(=O)CNC(=O)c2cccs2)cc1. The van der Waals surface area contributed by atoms with Crippen LogP contribution in [0.5, 0.6) is 0 Å². The molecule has 2 aromatic rings. The maximum absolute atomic E-state index is 11.8. The van der Waals surface area contributed by atoms with E-state index in [0.29, 0.717) is 11.4 Å². The molecule has 7 nitrogen and oxygen atoms in total. The predicted molar refractivity (Wildman–Crippen MR) is 104 cm³/mol. The van der Waals surface area contributed by atoms with Crippen molar-refractivity contribution in [3.8, 4) is 0 Å². The quantitative estimate of drug-likeness (QED) is 0.468. The lowest BCUT2D eigenvalue weighted by atomic mass is 10.1. The highest BCUT2D eigenvalue weighted by atomic mass is 32.1. The van der Waals surface area contributed by atoms with Gasteiger partial charge in [-0.2, -0.15) is 0 Å². The van der Waals surface area contributed by atoms with Crippen LogP contribution in [0.25, 0.3) is 0 Å². The molecule has 0 spiro atoms. The molecule has 0 aliphatic carbocycles. The van der Waals surface area contributed by atoms with Crippen molar-refractivity contribution in [2.75, 3.05) is 27.2 Å². The number of amides is 3. The molecule has 0 aliphatic heterocycles. The number of benzene rings is 1. The zero-order valence-corrected chi connectivity index (χ0v) is 16.3. The summed E-state index contributed by atoms with van der Waals surface area (Å²) in [5.74, 6) is -0.996. The molecule has 0 fully saturated rings. The molecule has 1 aromatic heterocycles. The Hall–Kier alpha value is -2.71. The van der Waals surface area contributed by atoms with E-state index in [9.17, 15) is 14.4 Å². The first kappa shape index (κ1) is 20.6. The van der Waals surface area contributed by atoms with E-state index < -0.39 is 5.91 Å². The monoisotopic (exact) mass is 389 g/mol. The van der Waals surface area contributed by atoms with Crippen molar-refractivity contribution >= 4 is 29.1 Å². The number of hydrogen-bond donors (Lipinski definition) is 4. The zero-order chi connectivity index (χ0) is 19.6. The number of carbonyl (C=O) groups excluding carboxylic acids is 3. The van der Waals surface area contributed by atoms with Gasteiger partial charge in [0.1, 0.15) is 6.54 Å². The standard InChI is InChI=1S/C19H24N4O3S/c1-23(2)13-15-7-5-14(6-8-15)10-20-17(24)11-21-18(25)12-22-19(26)16-4-3-9-27-16/h3-9H,10-13H2,1-2H3,(H,20,24)(H,21,25)(H,22,26)/p+1. The van der Waals surface area contributed by atoms with Gasteiger partial charge in [0.25, 0.3) is 5.91 Å². The van der Waals surface area contributed by atoms with Gasteiger partial charge < -0.3 is 20.9 Å². The summed E-state index contributed by atoms with van der Waals surface area (Å²) in [6, 6.07) is 11.5. The molecule has 0 bridgehead atoms. The first-order valence-corrected chi connectivity index (χ1v) is 9.54. The zero-order valence-electron chi connectivity index (χ0n) is 15.5. The van der Waals surface area contributed by atoms with Gasteiger partial charge in [0.05, 0.1) is 32.1 Å². The largest absolute Gasteiger partial charge is 0.350 e. The average Bonchev–Trinajstić information content (AvgIpc) is 3.18. The fourth-order valence-corrected chi connectivity index (χ4v) is 2.98. The molecule has 27 heavy (non-hydrogen) atoms. The van der Waals surface area contributed by atoms with E-state index in [-0.39, 0.29) is 24.9 Å². The van der Waals surface area contributed by atoms with Gasteiger partial charge in [0, 0.05) is 12.1 Å². The van der Waals surface area contributed by atoms with Gasteiger partial charge in [-0.1, -0.05) is 30.3 Å². The van der Waals surface area contributed by atoms with Crippen LogP contribution >= 0.6 is 11.3 Å². The van der Waals surface area contributed by atoms with E-state index in [2.05, 4.69) is 30.0 Å². The second kappa shape index (κ2) is 10.4. The smallest absolute Gasteiger partial charge is 0.261 e. The van der Waals surface area contributed by atoms with E-state index in [4.69, 9.17) is 0 Å². The van der Waals surface area contributed by atoms with E-state index >= 15 is 0 Å². The van der Waals surface area contributed by atoms with Gasteiger partial charge in [-0.25, -0.2) is 0 Å². The molecule has 0 radical (unpaired) electrons. The molecule has 3 amide bonds. The molecule has 0 saturated carbocycles. The minimum atomic E-state index is -0.411. The molecular formula is C19H25N4O3S+. The van der Waals surface area contributed by atoms with Crippen LogP contribution in [0.15, 0.2) is 41.8 Å². The van der Waals surface area contributed by atoms with Crippen LogP contribution in [0.4, 0.5) is 0 Å². The summed E-state index contributed by atoms with van der Waals surface area (Å²) >= 11 is 1.30. The summed E-state index contributed by atoms with van der Waals surface area (Å²) < 4.78 is 0. The third-order valence-electron chi connectivity index (χ3n) is 3.67. The fourth-order valence-electron chi connectivity index (χ4n) is 2.34.